The number of amidine groups is 1. The van der Waals surface area contributed by atoms with Crippen LogP contribution in [0.5, 0.6) is 5.88 Å². The largest absolute Gasteiger partial charge is 0.480 e. The summed E-state index contributed by atoms with van der Waals surface area (Å²) in [4.78, 5) is 24.7. The maximum Gasteiger partial charge on any atom is 0.276 e. The fraction of sp³-hybridized carbons (Fsp3) is 0.294. The van der Waals surface area contributed by atoms with Gasteiger partial charge in [-0.1, -0.05) is 11.8 Å². The normalized spacial score (nSPS) is 19.6. The summed E-state index contributed by atoms with van der Waals surface area (Å²) >= 11 is 1.44. The molecule has 7 nitrogen and oxygen atoms in total. The number of aliphatic imine (C=N–C) groups is 1. The Morgan fingerprint density at radius 1 is 1.42 bits per heavy atom. The monoisotopic (exact) mass is 375 g/mol. The summed E-state index contributed by atoms with van der Waals surface area (Å²) in [5, 5.41) is 3.13. The first-order chi connectivity index (χ1) is 12.4. The summed E-state index contributed by atoms with van der Waals surface area (Å²) in [5.41, 5.74) is 5.96. The molecule has 9 heteroatoms. The average molecular weight is 375 g/mol. The number of rotatable bonds is 4. The van der Waals surface area contributed by atoms with Gasteiger partial charge in [0, 0.05) is 17.0 Å². The van der Waals surface area contributed by atoms with Crippen LogP contribution in [0.4, 0.5) is 10.1 Å². The third-order valence-electron chi connectivity index (χ3n) is 4.05. The number of benzene rings is 1. The van der Waals surface area contributed by atoms with Gasteiger partial charge >= 0.3 is 0 Å². The molecule has 1 aromatic heterocycles. The molecule has 2 heterocycles. The highest BCUT2D eigenvalue weighted by Gasteiger charge is 2.32. The molecule has 0 saturated heterocycles. The predicted octanol–water partition coefficient (Wildman–Crippen LogP) is 2.54. The third-order valence-corrected chi connectivity index (χ3v) is 4.85. The molecule has 1 aliphatic rings. The number of aromatic nitrogens is 2. The van der Waals surface area contributed by atoms with E-state index in [1.807, 2.05) is 6.92 Å². The first-order valence-corrected chi connectivity index (χ1v) is 8.85. The van der Waals surface area contributed by atoms with Crippen LogP contribution in [0.1, 0.15) is 29.4 Å². The van der Waals surface area contributed by atoms with Crippen molar-refractivity contribution in [3.05, 3.63) is 47.7 Å². The number of methoxy groups -OCH3 is 1. The number of amides is 1. The maximum atomic E-state index is 14.4. The lowest BCUT2D eigenvalue weighted by atomic mass is 9.89. The number of carbonyl (C=O) groups is 1. The number of ether oxygens (including phenoxy) is 1. The molecule has 0 aliphatic carbocycles. The number of hydrogen-bond donors (Lipinski definition) is 2. The first-order valence-electron chi connectivity index (χ1n) is 7.87. The van der Waals surface area contributed by atoms with E-state index in [4.69, 9.17) is 10.5 Å². The molecular formula is C17H18FN5O2S. The zero-order chi connectivity index (χ0) is 18.7. The lowest BCUT2D eigenvalue weighted by molar-refractivity contribution is 0.102. The van der Waals surface area contributed by atoms with Crippen molar-refractivity contribution in [2.75, 3.05) is 18.2 Å². The summed E-state index contributed by atoms with van der Waals surface area (Å²) in [6.45, 7) is 1.83. The van der Waals surface area contributed by atoms with Gasteiger partial charge in [-0.25, -0.2) is 9.37 Å². The van der Waals surface area contributed by atoms with Crippen molar-refractivity contribution in [2.24, 2.45) is 10.7 Å². The number of nitrogens with two attached hydrogens (primary N) is 1. The first kappa shape index (κ1) is 18.1. The molecule has 1 aromatic carbocycles. The van der Waals surface area contributed by atoms with E-state index in [9.17, 15) is 9.18 Å². The Labute approximate surface area is 154 Å². The number of carbonyl (C=O) groups excluding carboxylic acids is 1. The molecule has 26 heavy (non-hydrogen) atoms. The van der Waals surface area contributed by atoms with Gasteiger partial charge in [-0.3, -0.25) is 14.8 Å². The molecule has 2 aromatic rings. The lowest BCUT2D eigenvalue weighted by Gasteiger charge is -2.30. The van der Waals surface area contributed by atoms with E-state index < -0.39 is 17.3 Å². The summed E-state index contributed by atoms with van der Waals surface area (Å²) in [7, 11) is 1.44. The van der Waals surface area contributed by atoms with Crippen molar-refractivity contribution in [2.45, 2.75) is 18.9 Å². The minimum atomic E-state index is -0.768. The van der Waals surface area contributed by atoms with Crippen LogP contribution in [0.25, 0.3) is 0 Å². The smallest absolute Gasteiger partial charge is 0.276 e. The van der Waals surface area contributed by atoms with E-state index in [0.29, 0.717) is 22.8 Å². The predicted molar refractivity (Wildman–Crippen MR) is 99.0 cm³/mol. The topological polar surface area (TPSA) is 102 Å². The summed E-state index contributed by atoms with van der Waals surface area (Å²) in [5.74, 6) is 0.118. The summed E-state index contributed by atoms with van der Waals surface area (Å²) in [6.07, 6.45) is 3.37. The van der Waals surface area contributed by atoms with Crippen LogP contribution < -0.4 is 15.8 Å². The SMILES string of the molecule is COc1cncc(C(=O)Nc2ccc(F)c([C@]3(C)CCSC(N)=N3)c2)n1. The van der Waals surface area contributed by atoms with Gasteiger partial charge < -0.3 is 15.8 Å². The molecule has 1 atom stereocenters. The second-order valence-electron chi connectivity index (χ2n) is 5.92. The zero-order valence-electron chi connectivity index (χ0n) is 14.3. The van der Waals surface area contributed by atoms with Crippen LogP contribution in [0.3, 0.4) is 0 Å². The zero-order valence-corrected chi connectivity index (χ0v) is 15.1. The molecule has 136 valence electrons. The van der Waals surface area contributed by atoms with Crippen LogP contribution in [0, 0.1) is 5.82 Å². The Balaban J connectivity index is 1.88. The fourth-order valence-electron chi connectivity index (χ4n) is 2.65. The highest BCUT2D eigenvalue weighted by molar-refractivity contribution is 8.13. The van der Waals surface area contributed by atoms with E-state index in [-0.39, 0.29) is 11.6 Å². The lowest BCUT2D eigenvalue weighted by Crippen LogP contribution is -2.29. The van der Waals surface area contributed by atoms with Crippen molar-refractivity contribution in [3.63, 3.8) is 0 Å². The standard InChI is InChI=1S/C17H18FN5O2S/c1-17(5-6-26-16(19)23-17)11-7-10(3-4-12(11)18)21-15(24)13-8-20-9-14(22-13)25-2/h3-4,7-9H,5-6H2,1-2H3,(H2,19,23)(H,21,24)/t17-/m0/s1. The van der Waals surface area contributed by atoms with E-state index in [1.54, 1.807) is 6.07 Å². The van der Waals surface area contributed by atoms with Crippen LogP contribution >= 0.6 is 11.8 Å². The second kappa shape index (κ2) is 7.28. The van der Waals surface area contributed by atoms with Gasteiger partial charge in [0.1, 0.15) is 5.82 Å². The molecule has 3 rings (SSSR count). The van der Waals surface area contributed by atoms with Gasteiger partial charge in [0.25, 0.3) is 5.91 Å². The van der Waals surface area contributed by atoms with Crippen LogP contribution in [0.2, 0.25) is 0 Å². The molecule has 0 radical (unpaired) electrons. The molecule has 0 bridgehead atoms. The van der Waals surface area contributed by atoms with Crippen molar-refractivity contribution in [3.8, 4) is 5.88 Å². The number of nitrogens with zero attached hydrogens (tertiary/aromatic N) is 3. The van der Waals surface area contributed by atoms with Crippen molar-refractivity contribution < 1.29 is 13.9 Å². The number of nitrogens with one attached hydrogen (secondary N) is 1. The van der Waals surface area contributed by atoms with Crippen LogP contribution in [0.15, 0.2) is 35.6 Å². The quantitative estimate of drug-likeness (QED) is 0.851. The van der Waals surface area contributed by atoms with Crippen molar-refractivity contribution in [1.29, 1.82) is 0 Å². The molecule has 1 aliphatic heterocycles. The van der Waals surface area contributed by atoms with E-state index in [0.717, 1.165) is 5.75 Å². The van der Waals surface area contributed by atoms with E-state index in [1.165, 1.54) is 43.4 Å². The Hall–Kier alpha value is -2.68. The average Bonchev–Trinajstić information content (AvgIpc) is 2.63. The number of halogens is 1. The maximum absolute atomic E-state index is 14.4. The molecule has 1 amide bonds. The Morgan fingerprint density at radius 3 is 2.96 bits per heavy atom. The number of thioether (sulfide) groups is 1. The van der Waals surface area contributed by atoms with Gasteiger partial charge in [0.2, 0.25) is 5.88 Å². The Kier molecular flexibility index (Phi) is 5.08. The Morgan fingerprint density at radius 2 is 2.23 bits per heavy atom. The van der Waals surface area contributed by atoms with Crippen molar-refractivity contribution >= 4 is 28.5 Å². The van der Waals surface area contributed by atoms with Crippen LogP contribution in [-0.4, -0.2) is 33.9 Å². The highest BCUT2D eigenvalue weighted by atomic mass is 32.2. The second-order valence-corrected chi connectivity index (χ2v) is 7.03. The third kappa shape index (κ3) is 3.77. The minimum absolute atomic E-state index is 0.0952. The molecular weight excluding hydrogens is 357 g/mol. The number of anilines is 1. The molecule has 0 saturated carbocycles. The minimum Gasteiger partial charge on any atom is -0.480 e. The van der Waals surface area contributed by atoms with E-state index >= 15 is 0 Å². The highest BCUT2D eigenvalue weighted by Crippen LogP contribution is 2.37. The molecule has 0 spiro atoms. The fourth-order valence-corrected chi connectivity index (χ4v) is 3.62. The van der Waals surface area contributed by atoms with Crippen molar-refractivity contribution in [1.82, 2.24) is 9.97 Å². The summed E-state index contributed by atoms with van der Waals surface area (Å²) in [6, 6.07) is 4.37. The Bertz CT molecular complexity index is 876. The van der Waals surface area contributed by atoms with E-state index in [2.05, 4.69) is 20.3 Å². The summed E-state index contributed by atoms with van der Waals surface area (Å²) < 4.78 is 19.4. The van der Waals surface area contributed by atoms with Gasteiger partial charge in [-0.2, -0.15) is 0 Å². The van der Waals surface area contributed by atoms with Gasteiger partial charge in [0.15, 0.2) is 10.9 Å². The number of hydrogen-bond acceptors (Lipinski definition) is 7. The molecule has 0 fully saturated rings. The van der Waals surface area contributed by atoms with Crippen LogP contribution in [-0.2, 0) is 5.54 Å². The van der Waals surface area contributed by atoms with Gasteiger partial charge in [-0.05, 0) is 31.5 Å². The van der Waals surface area contributed by atoms with Gasteiger partial charge in [-0.15, -0.1) is 0 Å². The van der Waals surface area contributed by atoms with Gasteiger partial charge in [0.05, 0.1) is 25.0 Å². The molecule has 3 N–H and O–H groups in total. The molecule has 0 unspecified atom stereocenters.